The fourth-order valence-corrected chi connectivity index (χ4v) is 5.95. The van der Waals surface area contributed by atoms with Crippen LogP contribution in [-0.2, 0) is 14.8 Å². The Morgan fingerprint density at radius 1 is 1.08 bits per heavy atom. The molecule has 0 fully saturated rings. The van der Waals surface area contributed by atoms with E-state index in [4.69, 9.17) is 4.74 Å². The Morgan fingerprint density at radius 3 is 2.39 bits per heavy atom. The van der Waals surface area contributed by atoms with Crippen LogP contribution in [0, 0.1) is 18.3 Å². The van der Waals surface area contributed by atoms with Crippen LogP contribution < -0.4 is 14.8 Å². The Kier molecular flexibility index (Phi) is 8.26. The number of aromatic nitrogens is 3. The summed E-state index contributed by atoms with van der Waals surface area (Å²) in [6.45, 7) is 3.43. The Bertz CT molecular complexity index is 1600. The predicted octanol–water partition coefficient (Wildman–Crippen LogP) is 4.71. The third-order valence-corrected chi connectivity index (χ3v) is 8.54. The van der Waals surface area contributed by atoms with Crippen LogP contribution in [-0.4, -0.2) is 41.9 Å². The van der Waals surface area contributed by atoms with Gasteiger partial charge in [0.1, 0.15) is 21.9 Å². The van der Waals surface area contributed by atoms with Gasteiger partial charge in [0.2, 0.25) is 11.0 Å². The minimum atomic E-state index is -3.85. The first kappa shape index (κ1) is 27.1. The number of nitrogens with zero attached hydrogens (tertiary/aromatic N) is 4. The van der Waals surface area contributed by atoms with Gasteiger partial charge in [-0.2, -0.15) is 5.26 Å². The van der Waals surface area contributed by atoms with Crippen molar-refractivity contribution in [3.8, 4) is 23.1 Å². The average molecular weight is 567 g/mol. The molecule has 13 heteroatoms. The van der Waals surface area contributed by atoms with Gasteiger partial charge in [-0.25, -0.2) is 13.4 Å². The van der Waals surface area contributed by atoms with E-state index in [0.29, 0.717) is 27.0 Å². The van der Waals surface area contributed by atoms with Crippen molar-refractivity contribution in [1.29, 1.82) is 5.26 Å². The molecule has 4 aromatic rings. The van der Waals surface area contributed by atoms with Crippen molar-refractivity contribution in [3.63, 3.8) is 0 Å². The van der Waals surface area contributed by atoms with Crippen molar-refractivity contribution >= 4 is 49.8 Å². The van der Waals surface area contributed by atoms with E-state index in [1.165, 1.54) is 24.3 Å². The number of sulfonamides is 1. The molecule has 10 nitrogen and oxygen atoms in total. The first-order chi connectivity index (χ1) is 18.2. The summed E-state index contributed by atoms with van der Waals surface area (Å²) in [7, 11) is -2.26. The van der Waals surface area contributed by atoms with E-state index in [2.05, 4.69) is 31.3 Å². The van der Waals surface area contributed by atoms with Crippen LogP contribution in [0.3, 0.4) is 0 Å². The monoisotopic (exact) mass is 566 g/mol. The summed E-state index contributed by atoms with van der Waals surface area (Å²) in [5, 5.41) is 20.5. The number of methoxy groups -OCH3 is 1. The van der Waals surface area contributed by atoms with Gasteiger partial charge in [0.15, 0.2) is 0 Å². The minimum Gasteiger partial charge on any atom is -0.497 e. The number of ether oxygens (including phenoxy) is 1. The summed E-state index contributed by atoms with van der Waals surface area (Å²) < 4.78 is 32.7. The minimum absolute atomic E-state index is 0.0176. The van der Waals surface area contributed by atoms with Crippen LogP contribution in [0.15, 0.2) is 70.6 Å². The standard InChI is InChI=1S/C25H22N6O4S3/c1-15(36-24-18(14-26)6-13-22(28-24)17-4-9-20(35-3)10-5-17)23(32)27-19-7-11-21(12-8-19)38(33,34)31-25-30-29-16(2)37-25/h4-13,15H,1-3H3,(H,27,32)(H,30,31). The highest BCUT2D eigenvalue weighted by Crippen LogP contribution is 2.30. The zero-order valence-corrected chi connectivity index (χ0v) is 22.9. The Hall–Kier alpha value is -3.99. The first-order valence-corrected chi connectivity index (χ1v) is 14.3. The molecule has 1 amide bonds. The third-order valence-electron chi connectivity index (χ3n) is 5.20. The Labute approximate surface area is 228 Å². The number of nitriles is 1. The molecule has 2 heterocycles. The SMILES string of the molecule is COc1ccc(-c2ccc(C#N)c(SC(C)C(=O)Nc3ccc(S(=O)(=O)Nc4nnc(C)s4)cc3)n2)cc1. The van der Waals surface area contributed by atoms with E-state index in [1.54, 1.807) is 33.1 Å². The largest absolute Gasteiger partial charge is 0.497 e. The second-order valence-corrected chi connectivity index (χ2v) is 12.1. The number of carbonyl (C=O) groups excluding carboxylic acids is 1. The van der Waals surface area contributed by atoms with Crippen molar-refractivity contribution in [2.75, 3.05) is 17.1 Å². The van der Waals surface area contributed by atoms with Gasteiger partial charge in [0.05, 0.1) is 28.5 Å². The number of anilines is 2. The summed E-state index contributed by atoms with van der Waals surface area (Å²) in [6.07, 6.45) is 0. The molecule has 194 valence electrons. The highest BCUT2D eigenvalue weighted by Gasteiger charge is 2.20. The number of thioether (sulfide) groups is 1. The van der Waals surface area contributed by atoms with Crippen LogP contribution in [0.5, 0.6) is 5.75 Å². The molecule has 2 aromatic heterocycles. The maximum absolute atomic E-state index is 12.9. The summed E-state index contributed by atoms with van der Waals surface area (Å²) in [5.41, 5.74) is 2.30. The van der Waals surface area contributed by atoms with E-state index in [0.717, 1.165) is 34.4 Å². The number of aryl methyl sites for hydroxylation is 1. The summed E-state index contributed by atoms with van der Waals surface area (Å²) in [5.74, 6) is 0.393. The van der Waals surface area contributed by atoms with Gasteiger partial charge in [0, 0.05) is 11.3 Å². The molecule has 1 unspecified atom stereocenters. The van der Waals surface area contributed by atoms with E-state index in [9.17, 15) is 18.5 Å². The normalized spacial score (nSPS) is 11.8. The lowest BCUT2D eigenvalue weighted by Gasteiger charge is -2.14. The molecule has 2 aromatic carbocycles. The molecule has 38 heavy (non-hydrogen) atoms. The average Bonchev–Trinajstić information content (AvgIpc) is 3.32. The number of amides is 1. The molecular weight excluding hydrogens is 545 g/mol. The molecule has 0 spiro atoms. The molecule has 0 radical (unpaired) electrons. The molecule has 0 aliphatic heterocycles. The van der Waals surface area contributed by atoms with Crippen molar-refractivity contribution in [2.45, 2.75) is 29.0 Å². The van der Waals surface area contributed by atoms with Crippen molar-refractivity contribution in [1.82, 2.24) is 15.2 Å². The number of nitrogens with one attached hydrogen (secondary N) is 2. The molecule has 1 atom stereocenters. The van der Waals surface area contributed by atoms with Gasteiger partial charge in [0.25, 0.3) is 10.0 Å². The molecule has 4 rings (SSSR count). The molecule has 0 aliphatic carbocycles. The fraction of sp³-hybridized carbons (Fsp3) is 0.160. The quantitative estimate of drug-likeness (QED) is 0.275. The van der Waals surface area contributed by atoms with Crippen molar-refractivity contribution in [2.24, 2.45) is 0 Å². The number of hydrogen-bond acceptors (Lipinski definition) is 10. The third kappa shape index (κ3) is 6.46. The van der Waals surface area contributed by atoms with E-state index >= 15 is 0 Å². The Morgan fingerprint density at radius 2 is 1.79 bits per heavy atom. The van der Waals surface area contributed by atoms with Gasteiger partial charge < -0.3 is 10.1 Å². The fourth-order valence-electron chi connectivity index (χ4n) is 3.23. The van der Waals surface area contributed by atoms with E-state index in [1.807, 2.05) is 24.3 Å². The van der Waals surface area contributed by atoms with Gasteiger partial charge in [-0.05, 0) is 74.5 Å². The second-order valence-electron chi connectivity index (χ2n) is 7.89. The smallest absolute Gasteiger partial charge is 0.263 e. The topological polar surface area (TPSA) is 147 Å². The number of benzene rings is 2. The number of hydrogen-bond donors (Lipinski definition) is 2. The van der Waals surface area contributed by atoms with Gasteiger partial charge in [-0.15, -0.1) is 10.2 Å². The van der Waals surface area contributed by atoms with Crippen molar-refractivity contribution < 1.29 is 17.9 Å². The van der Waals surface area contributed by atoms with Crippen LogP contribution >= 0.6 is 23.1 Å². The number of carbonyl (C=O) groups is 1. The molecule has 0 aliphatic rings. The molecular formula is C25H22N6O4S3. The summed E-state index contributed by atoms with van der Waals surface area (Å²) in [4.78, 5) is 17.5. The molecule has 0 bridgehead atoms. The zero-order valence-electron chi connectivity index (χ0n) is 20.5. The van der Waals surface area contributed by atoms with Crippen molar-refractivity contribution in [3.05, 3.63) is 71.2 Å². The lowest BCUT2D eigenvalue weighted by Crippen LogP contribution is -2.22. The van der Waals surface area contributed by atoms with Crippen LogP contribution in [0.4, 0.5) is 10.8 Å². The summed E-state index contributed by atoms with van der Waals surface area (Å²) in [6, 6.07) is 18.7. The highest BCUT2D eigenvalue weighted by molar-refractivity contribution is 8.00. The lowest BCUT2D eigenvalue weighted by molar-refractivity contribution is -0.115. The zero-order chi connectivity index (χ0) is 27.3. The predicted molar refractivity (Wildman–Crippen MR) is 147 cm³/mol. The van der Waals surface area contributed by atoms with Gasteiger partial charge in [-0.1, -0.05) is 23.1 Å². The molecule has 2 N–H and O–H groups in total. The van der Waals surface area contributed by atoms with Gasteiger partial charge >= 0.3 is 0 Å². The summed E-state index contributed by atoms with van der Waals surface area (Å²) >= 11 is 2.29. The second kappa shape index (κ2) is 11.6. The Balaban J connectivity index is 1.43. The van der Waals surface area contributed by atoms with E-state index < -0.39 is 15.3 Å². The number of pyridine rings is 1. The lowest BCUT2D eigenvalue weighted by atomic mass is 10.1. The van der Waals surface area contributed by atoms with Crippen LogP contribution in [0.2, 0.25) is 0 Å². The van der Waals surface area contributed by atoms with Gasteiger partial charge in [-0.3, -0.25) is 9.52 Å². The van der Waals surface area contributed by atoms with E-state index in [-0.39, 0.29) is 15.9 Å². The first-order valence-electron chi connectivity index (χ1n) is 11.1. The molecule has 0 saturated heterocycles. The maximum Gasteiger partial charge on any atom is 0.263 e. The highest BCUT2D eigenvalue weighted by atomic mass is 32.2. The number of rotatable bonds is 9. The van der Waals surface area contributed by atoms with Crippen LogP contribution in [0.1, 0.15) is 17.5 Å². The maximum atomic E-state index is 12.9. The van der Waals surface area contributed by atoms with Crippen LogP contribution in [0.25, 0.3) is 11.3 Å². The molecule has 0 saturated carbocycles.